The quantitative estimate of drug-likeness (QED) is 0.332. The Bertz CT molecular complexity index is 1030. The highest BCUT2D eigenvalue weighted by Gasteiger charge is 2.38. The molecule has 0 atom stereocenters. The van der Waals surface area contributed by atoms with Crippen molar-refractivity contribution in [1.29, 1.82) is 0 Å². The van der Waals surface area contributed by atoms with Crippen LogP contribution >= 0.6 is 30.9 Å². The van der Waals surface area contributed by atoms with Crippen molar-refractivity contribution in [3.8, 4) is 0 Å². The molecule has 33 heavy (non-hydrogen) atoms. The molecule has 0 unspecified atom stereocenters. The fourth-order valence-corrected chi connectivity index (χ4v) is 8.30. The molecule has 2 aromatic rings. The van der Waals surface area contributed by atoms with E-state index in [1.165, 1.54) is 0 Å². The number of hydrogen-bond donors (Lipinski definition) is 1. The molecule has 0 amide bonds. The molecule has 0 radical (unpaired) electrons. The van der Waals surface area contributed by atoms with Crippen LogP contribution in [0.2, 0.25) is 49.3 Å². The molecule has 2 rings (SSSR count). The molecular weight excluding hydrogens is 516 g/mol. The number of hydrogen-bond acceptors (Lipinski definition) is 5. The lowest BCUT2D eigenvalue weighted by atomic mass is 10.2. The van der Waals surface area contributed by atoms with E-state index in [9.17, 15) is 14.2 Å². The number of nitrogens with one attached hydrogen (secondary N) is 1. The van der Waals surface area contributed by atoms with Gasteiger partial charge in [-0.2, -0.15) is 0 Å². The normalized spacial score (nSPS) is 12.4. The van der Waals surface area contributed by atoms with Gasteiger partial charge in [0.25, 0.3) is 0 Å². The van der Waals surface area contributed by atoms with Gasteiger partial charge in [-0.3, -0.25) is 0 Å². The Morgan fingerprint density at radius 3 is 1.48 bits per heavy atom. The standard InChI is InChI=1S/C22H30Cl2NO5PSi2/c1-8-25-31(28,29-21(26)19-15(23)11-9-13-17(19)32(2,3)4)30-22(27)20-16(24)12-10-14-18(20)33(5,6)7/h9-14H,8H2,1-7H3,(H,25,28). The molecule has 6 nitrogen and oxygen atoms in total. The van der Waals surface area contributed by atoms with Crippen molar-refractivity contribution in [2.45, 2.75) is 46.2 Å². The van der Waals surface area contributed by atoms with Crippen LogP contribution < -0.4 is 15.5 Å². The van der Waals surface area contributed by atoms with Gasteiger partial charge in [0, 0.05) is 6.54 Å². The highest BCUT2D eigenvalue weighted by molar-refractivity contribution is 7.52. The summed E-state index contributed by atoms with van der Waals surface area (Å²) < 4.78 is 24.1. The average Bonchev–Trinajstić information content (AvgIpc) is 2.65. The molecule has 0 aliphatic heterocycles. The van der Waals surface area contributed by atoms with E-state index in [4.69, 9.17) is 32.2 Å². The number of halogens is 2. The van der Waals surface area contributed by atoms with Crippen molar-refractivity contribution in [3.05, 3.63) is 57.6 Å². The van der Waals surface area contributed by atoms with Crippen LogP contribution in [0.25, 0.3) is 0 Å². The van der Waals surface area contributed by atoms with Gasteiger partial charge in [0.05, 0.1) is 37.3 Å². The molecule has 180 valence electrons. The first-order valence-electron chi connectivity index (χ1n) is 10.5. The van der Waals surface area contributed by atoms with Gasteiger partial charge in [0.1, 0.15) is 0 Å². The Morgan fingerprint density at radius 2 is 1.18 bits per heavy atom. The van der Waals surface area contributed by atoms with E-state index in [1.54, 1.807) is 31.2 Å². The maximum absolute atomic E-state index is 13.5. The molecule has 1 N–H and O–H groups in total. The largest absolute Gasteiger partial charge is 0.517 e. The predicted octanol–water partition coefficient (Wildman–Crippen LogP) is 5.82. The van der Waals surface area contributed by atoms with Gasteiger partial charge in [-0.05, 0) is 22.5 Å². The molecule has 0 bridgehead atoms. The van der Waals surface area contributed by atoms with Crippen LogP contribution in [0.5, 0.6) is 0 Å². The molecule has 0 saturated carbocycles. The minimum Gasteiger partial charge on any atom is -0.367 e. The third kappa shape index (κ3) is 6.81. The summed E-state index contributed by atoms with van der Waals surface area (Å²) in [6.07, 6.45) is 0. The summed E-state index contributed by atoms with van der Waals surface area (Å²) in [5.74, 6) is -1.83. The van der Waals surface area contributed by atoms with Crippen LogP contribution in [-0.4, -0.2) is 34.6 Å². The number of rotatable bonds is 8. The summed E-state index contributed by atoms with van der Waals surface area (Å²) >= 11 is 12.6. The third-order valence-corrected chi connectivity index (χ3v) is 11.0. The van der Waals surface area contributed by atoms with Gasteiger partial charge >= 0.3 is 19.7 Å². The highest BCUT2D eigenvalue weighted by atomic mass is 35.5. The fourth-order valence-electron chi connectivity index (χ4n) is 3.30. The second kappa shape index (κ2) is 10.5. The van der Waals surface area contributed by atoms with E-state index in [0.29, 0.717) is 0 Å². The zero-order valence-electron chi connectivity index (χ0n) is 19.9. The van der Waals surface area contributed by atoms with Crippen LogP contribution in [-0.2, 0) is 13.6 Å². The Kier molecular flexibility index (Phi) is 8.82. The molecule has 0 fully saturated rings. The molecule has 2 aromatic carbocycles. The van der Waals surface area contributed by atoms with Crippen LogP contribution in [0.15, 0.2) is 36.4 Å². The van der Waals surface area contributed by atoms with Crippen molar-refractivity contribution >= 4 is 69.4 Å². The topological polar surface area (TPSA) is 81.7 Å². The smallest absolute Gasteiger partial charge is 0.367 e. The van der Waals surface area contributed by atoms with E-state index in [2.05, 4.69) is 44.4 Å². The summed E-state index contributed by atoms with van der Waals surface area (Å²) in [6.45, 7) is 14.1. The first-order chi connectivity index (χ1) is 15.1. The van der Waals surface area contributed by atoms with E-state index < -0.39 is 35.8 Å². The summed E-state index contributed by atoms with van der Waals surface area (Å²) in [4.78, 5) is 26.3. The number of benzene rings is 2. The molecule has 0 heterocycles. The van der Waals surface area contributed by atoms with Crippen molar-refractivity contribution in [2.75, 3.05) is 6.54 Å². The van der Waals surface area contributed by atoms with Crippen LogP contribution in [0, 0.1) is 0 Å². The highest BCUT2D eigenvalue weighted by Crippen LogP contribution is 2.46. The van der Waals surface area contributed by atoms with Crippen LogP contribution in [0.3, 0.4) is 0 Å². The van der Waals surface area contributed by atoms with E-state index >= 15 is 0 Å². The van der Waals surface area contributed by atoms with E-state index in [-0.39, 0.29) is 27.7 Å². The van der Waals surface area contributed by atoms with Crippen molar-refractivity contribution in [3.63, 3.8) is 0 Å². The molecular formula is C22H30Cl2NO5PSi2. The minimum atomic E-state index is -4.38. The molecule has 0 spiro atoms. The second-order valence-electron chi connectivity index (χ2n) is 9.59. The first kappa shape index (κ1) is 27.8. The summed E-state index contributed by atoms with van der Waals surface area (Å²) in [6, 6.07) is 10.3. The lowest BCUT2D eigenvalue weighted by molar-refractivity contribution is 0.0623. The predicted molar refractivity (Wildman–Crippen MR) is 141 cm³/mol. The molecule has 0 aliphatic carbocycles. The first-order valence-corrected chi connectivity index (χ1v) is 19.8. The maximum atomic E-state index is 13.5. The van der Waals surface area contributed by atoms with Crippen LogP contribution in [0.4, 0.5) is 0 Å². The fraction of sp³-hybridized carbons (Fsp3) is 0.364. The Balaban J connectivity index is 2.46. The Morgan fingerprint density at radius 1 is 0.818 bits per heavy atom. The lowest BCUT2D eigenvalue weighted by Gasteiger charge is -2.24. The van der Waals surface area contributed by atoms with Gasteiger partial charge in [-0.15, -0.1) is 0 Å². The lowest BCUT2D eigenvalue weighted by Crippen LogP contribution is -2.42. The monoisotopic (exact) mass is 545 g/mol. The van der Waals surface area contributed by atoms with Crippen molar-refractivity contribution in [1.82, 2.24) is 5.09 Å². The minimum absolute atomic E-state index is 0.130. The SMILES string of the molecule is CCNP(=O)(OC(=O)c1c(Cl)cccc1[Si](C)(C)C)OC(=O)c1c(Cl)cccc1[Si](C)(C)C. The van der Waals surface area contributed by atoms with Gasteiger partial charge in [0.15, 0.2) is 0 Å². The van der Waals surface area contributed by atoms with Gasteiger partial charge in [0.2, 0.25) is 0 Å². The van der Waals surface area contributed by atoms with Crippen molar-refractivity contribution in [2.24, 2.45) is 0 Å². The maximum Gasteiger partial charge on any atom is 0.517 e. The molecule has 0 aromatic heterocycles. The molecule has 0 saturated heterocycles. The van der Waals surface area contributed by atoms with Gasteiger partial charge in [-0.25, -0.2) is 19.2 Å². The number of carbonyl (C=O) groups is 2. The summed E-state index contributed by atoms with van der Waals surface area (Å²) in [5, 5.41) is 4.39. The third-order valence-electron chi connectivity index (χ3n) is 4.81. The zero-order valence-corrected chi connectivity index (χ0v) is 24.3. The Labute approximate surface area is 207 Å². The summed E-state index contributed by atoms with van der Waals surface area (Å²) in [7, 11) is -8.39. The number of carbonyl (C=O) groups excluding carboxylic acids is 2. The Hall–Kier alpha value is -1.42. The summed E-state index contributed by atoms with van der Waals surface area (Å²) in [5.41, 5.74) is 0.265. The van der Waals surface area contributed by atoms with Crippen molar-refractivity contribution < 1.29 is 23.2 Å². The molecule has 11 heteroatoms. The van der Waals surface area contributed by atoms with Crippen LogP contribution in [0.1, 0.15) is 27.6 Å². The van der Waals surface area contributed by atoms with E-state index in [0.717, 1.165) is 10.4 Å². The average molecular weight is 547 g/mol. The van der Waals surface area contributed by atoms with E-state index in [1.807, 2.05) is 12.1 Å². The second-order valence-corrected chi connectivity index (χ2v) is 22.2. The zero-order chi connectivity index (χ0) is 25.2. The van der Waals surface area contributed by atoms with Gasteiger partial charge < -0.3 is 9.05 Å². The molecule has 0 aliphatic rings. The van der Waals surface area contributed by atoms with Gasteiger partial charge in [-0.1, -0.05) is 93.7 Å².